The predicted molar refractivity (Wildman–Crippen MR) is 103 cm³/mol. The largest absolute Gasteiger partial charge is 0.383 e. The third-order valence-electron chi connectivity index (χ3n) is 4.51. The summed E-state index contributed by atoms with van der Waals surface area (Å²) < 4.78 is 0. The number of anilines is 1. The monoisotopic (exact) mass is 319 g/mol. The quantitative estimate of drug-likeness (QED) is 0.649. The first-order chi connectivity index (χ1) is 11.7. The number of fused-ring (bicyclic) bond motifs is 1. The lowest BCUT2D eigenvalue weighted by Crippen LogP contribution is -2.03. The molecule has 24 heavy (non-hydrogen) atoms. The Kier molecular flexibility index (Phi) is 5.11. The summed E-state index contributed by atoms with van der Waals surface area (Å²) in [7, 11) is 0. The minimum atomic E-state index is 0.539. The molecule has 124 valence electrons. The first-order valence-corrected chi connectivity index (χ1v) is 8.71. The summed E-state index contributed by atoms with van der Waals surface area (Å²) >= 11 is 0. The van der Waals surface area contributed by atoms with E-state index in [0.717, 1.165) is 34.9 Å². The van der Waals surface area contributed by atoms with Crippen molar-refractivity contribution in [1.29, 1.82) is 0 Å². The molecular weight excluding hydrogens is 294 g/mol. The summed E-state index contributed by atoms with van der Waals surface area (Å²) in [5, 5.41) is 1.16. The van der Waals surface area contributed by atoms with Gasteiger partial charge in [0.05, 0.1) is 5.52 Å². The van der Waals surface area contributed by atoms with Crippen LogP contribution in [0.5, 0.6) is 0 Å². The smallest absolute Gasteiger partial charge is 0.127 e. The normalized spacial score (nSPS) is 11.1. The molecule has 4 N–H and O–H groups in total. The minimum Gasteiger partial charge on any atom is -0.383 e. The zero-order valence-corrected chi connectivity index (χ0v) is 14.3. The average molecular weight is 319 g/mol. The van der Waals surface area contributed by atoms with Gasteiger partial charge in [0.25, 0.3) is 0 Å². The Balaban J connectivity index is 2.22. The van der Waals surface area contributed by atoms with Crippen LogP contribution in [0.15, 0.2) is 48.5 Å². The fourth-order valence-electron chi connectivity index (χ4n) is 3.26. The van der Waals surface area contributed by atoms with Gasteiger partial charge in [-0.25, -0.2) is 4.98 Å². The SMILES string of the molecule is CCCCCc1c(N)nc2ccccc2c1-c1cccc(CN)c1. The zero-order valence-electron chi connectivity index (χ0n) is 14.3. The second kappa shape index (κ2) is 7.45. The van der Waals surface area contributed by atoms with Crippen LogP contribution in [0.2, 0.25) is 0 Å². The van der Waals surface area contributed by atoms with E-state index < -0.39 is 0 Å². The summed E-state index contributed by atoms with van der Waals surface area (Å²) in [6, 6.07) is 16.7. The molecule has 0 aliphatic rings. The van der Waals surface area contributed by atoms with Crippen LogP contribution in [0, 0.1) is 0 Å². The number of rotatable bonds is 6. The molecule has 1 heterocycles. The van der Waals surface area contributed by atoms with Crippen LogP contribution in [-0.2, 0) is 13.0 Å². The number of unbranched alkanes of at least 4 members (excludes halogenated alkanes) is 2. The second-order valence-corrected chi connectivity index (χ2v) is 6.23. The molecule has 0 aliphatic carbocycles. The maximum atomic E-state index is 6.34. The van der Waals surface area contributed by atoms with Gasteiger partial charge in [-0.3, -0.25) is 0 Å². The van der Waals surface area contributed by atoms with E-state index in [0.29, 0.717) is 12.4 Å². The number of para-hydroxylation sites is 1. The maximum absolute atomic E-state index is 6.34. The predicted octanol–water partition coefficient (Wildman–Crippen LogP) is 4.68. The Morgan fingerprint density at radius 3 is 2.62 bits per heavy atom. The van der Waals surface area contributed by atoms with E-state index in [4.69, 9.17) is 11.5 Å². The minimum absolute atomic E-state index is 0.539. The molecule has 0 saturated heterocycles. The van der Waals surface area contributed by atoms with Crippen molar-refractivity contribution in [3.05, 3.63) is 59.7 Å². The number of nitrogens with zero attached hydrogens (tertiary/aromatic N) is 1. The van der Waals surface area contributed by atoms with Crippen molar-refractivity contribution in [3.63, 3.8) is 0 Å². The summed E-state index contributed by atoms with van der Waals surface area (Å²) in [6.07, 6.45) is 4.48. The standard InChI is InChI=1S/C21H25N3/c1-2-3-4-11-18-20(16-9-7-8-15(13-16)14-22)17-10-5-6-12-19(17)24-21(18)23/h5-10,12-13H,2-4,11,14,22H2,1H3,(H2,23,24). The Bertz CT molecular complexity index is 840. The number of benzene rings is 2. The van der Waals surface area contributed by atoms with Crippen LogP contribution in [-0.4, -0.2) is 4.98 Å². The summed E-state index contributed by atoms with van der Waals surface area (Å²) in [5.74, 6) is 0.651. The summed E-state index contributed by atoms with van der Waals surface area (Å²) in [5.41, 5.74) is 17.8. The average Bonchev–Trinajstić information content (AvgIpc) is 2.62. The first-order valence-electron chi connectivity index (χ1n) is 8.71. The van der Waals surface area contributed by atoms with Crippen molar-refractivity contribution in [2.45, 2.75) is 39.2 Å². The Morgan fingerprint density at radius 2 is 1.83 bits per heavy atom. The van der Waals surface area contributed by atoms with Crippen molar-refractivity contribution in [2.75, 3.05) is 5.73 Å². The molecule has 0 bridgehead atoms. The molecule has 0 unspecified atom stereocenters. The van der Waals surface area contributed by atoms with Gasteiger partial charge < -0.3 is 11.5 Å². The lowest BCUT2D eigenvalue weighted by molar-refractivity contribution is 0.718. The number of nitrogens with two attached hydrogens (primary N) is 2. The highest BCUT2D eigenvalue weighted by Gasteiger charge is 2.15. The maximum Gasteiger partial charge on any atom is 0.127 e. The molecule has 3 heteroatoms. The van der Waals surface area contributed by atoms with Gasteiger partial charge in [0, 0.05) is 17.5 Å². The van der Waals surface area contributed by atoms with Gasteiger partial charge in [-0.2, -0.15) is 0 Å². The highest BCUT2D eigenvalue weighted by Crippen LogP contribution is 2.35. The Hall–Kier alpha value is -2.39. The van der Waals surface area contributed by atoms with E-state index in [9.17, 15) is 0 Å². The Morgan fingerprint density at radius 1 is 1.00 bits per heavy atom. The highest BCUT2D eigenvalue weighted by atomic mass is 14.8. The molecule has 0 saturated carbocycles. The molecule has 0 amide bonds. The molecule has 0 spiro atoms. The van der Waals surface area contributed by atoms with E-state index in [1.54, 1.807) is 0 Å². The molecule has 0 aliphatic heterocycles. The molecule has 0 fully saturated rings. The van der Waals surface area contributed by atoms with Gasteiger partial charge in [0.1, 0.15) is 5.82 Å². The van der Waals surface area contributed by atoms with Crippen molar-refractivity contribution < 1.29 is 0 Å². The van der Waals surface area contributed by atoms with Crippen LogP contribution >= 0.6 is 0 Å². The van der Waals surface area contributed by atoms with Gasteiger partial charge in [-0.1, -0.05) is 56.2 Å². The van der Waals surface area contributed by atoms with E-state index in [1.807, 2.05) is 12.1 Å². The fraction of sp³-hybridized carbons (Fsp3) is 0.286. The molecule has 3 nitrogen and oxygen atoms in total. The van der Waals surface area contributed by atoms with Gasteiger partial charge in [-0.05, 0) is 41.7 Å². The third kappa shape index (κ3) is 3.26. The molecule has 0 atom stereocenters. The second-order valence-electron chi connectivity index (χ2n) is 6.23. The van der Waals surface area contributed by atoms with Crippen LogP contribution in [0.25, 0.3) is 22.0 Å². The lowest BCUT2D eigenvalue weighted by Gasteiger charge is -2.16. The third-order valence-corrected chi connectivity index (χ3v) is 4.51. The topological polar surface area (TPSA) is 64.9 Å². The van der Waals surface area contributed by atoms with Gasteiger partial charge in [-0.15, -0.1) is 0 Å². The number of aromatic nitrogens is 1. The molecule has 0 radical (unpaired) electrons. The van der Waals surface area contributed by atoms with Gasteiger partial charge in [0.2, 0.25) is 0 Å². The van der Waals surface area contributed by atoms with E-state index in [1.165, 1.54) is 24.0 Å². The van der Waals surface area contributed by atoms with Crippen LogP contribution < -0.4 is 11.5 Å². The van der Waals surface area contributed by atoms with E-state index in [2.05, 4.69) is 48.3 Å². The summed E-state index contributed by atoms with van der Waals surface area (Å²) in [4.78, 5) is 4.64. The number of pyridine rings is 1. The Labute approximate surface area is 143 Å². The van der Waals surface area contributed by atoms with Gasteiger partial charge >= 0.3 is 0 Å². The number of hydrogen-bond acceptors (Lipinski definition) is 3. The zero-order chi connectivity index (χ0) is 16.9. The number of nitrogen functional groups attached to an aromatic ring is 1. The highest BCUT2D eigenvalue weighted by molar-refractivity contribution is 5.98. The fourth-order valence-corrected chi connectivity index (χ4v) is 3.26. The summed E-state index contributed by atoms with van der Waals surface area (Å²) in [6.45, 7) is 2.76. The van der Waals surface area contributed by atoms with Crippen molar-refractivity contribution in [3.8, 4) is 11.1 Å². The van der Waals surface area contributed by atoms with Crippen LogP contribution in [0.4, 0.5) is 5.82 Å². The van der Waals surface area contributed by atoms with E-state index >= 15 is 0 Å². The first kappa shape index (κ1) is 16.5. The van der Waals surface area contributed by atoms with Crippen molar-refractivity contribution in [1.82, 2.24) is 4.98 Å². The van der Waals surface area contributed by atoms with Crippen molar-refractivity contribution in [2.24, 2.45) is 5.73 Å². The molecule has 1 aromatic heterocycles. The van der Waals surface area contributed by atoms with Gasteiger partial charge in [0.15, 0.2) is 0 Å². The molecule has 3 aromatic rings. The van der Waals surface area contributed by atoms with Crippen LogP contribution in [0.3, 0.4) is 0 Å². The molecule has 2 aromatic carbocycles. The molecule has 3 rings (SSSR count). The van der Waals surface area contributed by atoms with Crippen LogP contribution in [0.1, 0.15) is 37.3 Å². The van der Waals surface area contributed by atoms with E-state index in [-0.39, 0.29) is 0 Å². The van der Waals surface area contributed by atoms with Crippen molar-refractivity contribution >= 4 is 16.7 Å². The molecular formula is C21H25N3. The lowest BCUT2D eigenvalue weighted by atomic mass is 9.92. The number of hydrogen-bond donors (Lipinski definition) is 2.